The smallest absolute Gasteiger partial charge is 0.305 e. The fraction of sp³-hybridized carbons (Fsp3) is 0.385. The van der Waals surface area contributed by atoms with Crippen LogP contribution in [0, 0.1) is 11.3 Å². The molecule has 1 aliphatic rings. The van der Waals surface area contributed by atoms with Crippen molar-refractivity contribution in [3.05, 3.63) is 28.8 Å². The lowest BCUT2D eigenvalue weighted by Gasteiger charge is -2.37. The maximum Gasteiger partial charge on any atom is 0.305 e. The fourth-order valence-electron chi connectivity index (χ4n) is 2.18. The molecule has 0 radical (unpaired) electrons. The molecule has 1 saturated heterocycles. The lowest BCUT2D eigenvalue weighted by Crippen LogP contribution is -2.44. The Hall–Kier alpha value is -1.38. The number of benzene rings is 1. The van der Waals surface area contributed by atoms with Gasteiger partial charge in [0.15, 0.2) is 0 Å². The van der Waals surface area contributed by atoms with Crippen LogP contribution in [0.5, 0.6) is 0 Å². The van der Waals surface area contributed by atoms with Crippen molar-refractivity contribution >= 4 is 35.0 Å². The van der Waals surface area contributed by atoms with Crippen LogP contribution in [0.3, 0.4) is 0 Å². The van der Waals surface area contributed by atoms with E-state index in [4.69, 9.17) is 22.0 Å². The second-order valence-corrected chi connectivity index (χ2v) is 5.88. The molecule has 1 heterocycles. The molecular formula is C13H13ClN2O2S. The Kier molecular flexibility index (Phi) is 4.56. The number of hydrogen-bond acceptors (Lipinski definition) is 4. The summed E-state index contributed by atoms with van der Waals surface area (Å²) in [5.41, 5.74) is 1.27. The summed E-state index contributed by atoms with van der Waals surface area (Å²) in [6.45, 7) is 0.734. The van der Waals surface area contributed by atoms with E-state index < -0.39 is 5.97 Å². The Labute approximate surface area is 121 Å². The summed E-state index contributed by atoms with van der Waals surface area (Å²) in [7, 11) is 0. The van der Waals surface area contributed by atoms with Gasteiger partial charge in [0.25, 0.3) is 0 Å². The van der Waals surface area contributed by atoms with Crippen LogP contribution in [0.4, 0.5) is 5.69 Å². The van der Waals surface area contributed by atoms with Crippen molar-refractivity contribution in [1.82, 2.24) is 0 Å². The highest BCUT2D eigenvalue weighted by Crippen LogP contribution is 2.30. The third-order valence-electron chi connectivity index (χ3n) is 3.03. The second kappa shape index (κ2) is 6.18. The molecule has 1 aromatic rings. The maximum absolute atomic E-state index is 10.9. The van der Waals surface area contributed by atoms with Gasteiger partial charge in [0.1, 0.15) is 6.07 Å². The molecule has 1 aliphatic heterocycles. The Bertz CT molecular complexity index is 530. The zero-order valence-corrected chi connectivity index (χ0v) is 11.7. The number of carbonyl (C=O) groups is 1. The van der Waals surface area contributed by atoms with Crippen molar-refractivity contribution in [2.45, 2.75) is 12.5 Å². The van der Waals surface area contributed by atoms with Crippen LogP contribution < -0.4 is 4.90 Å². The molecular weight excluding hydrogens is 284 g/mol. The van der Waals surface area contributed by atoms with Crippen LogP contribution in [0.25, 0.3) is 0 Å². The number of carboxylic acids is 1. The van der Waals surface area contributed by atoms with E-state index in [0.717, 1.165) is 23.7 Å². The van der Waals surface area contributed by atoms with E-state index >= 15 is 0 Å². The predicted molar refractivity (Wildman–Crippen MR) is 76.9 cm³/mol. The molecule has 0 saturated carbocycles. The van der Waals surface area contributed by atoms with E-state index in [0.29, 0.717) is 10.6 Å². The number of nitriles is 1. The van der Waals surface area contributed by atoms with Gasteiger partial charge >= 0.3 is 5.97 Å². The lowest BCUT2D eigenvalue weighted by molar-refractivity contribution is -0.137. The van der Waals surface area contributed by atoms with E-state index in [1.165, 1.54) is 0 Å². The summed E-state index contributed by atoms with van der Waals surface area (Å²) < 4.78 is 0. The monoisotopic (exact) mass is 296 g/mol. The minimum atomic E-state index is -0.821. The minimum Gasteiger partial charge on any atom is -0.481 e. The lowest BCUT2D eigenvalue weighted by atomic mass is 10.1. The molecule has 19 heavy (non-hydrogen) atoms. The molecule has 1 fully saturated rings. The Morgan fingerprint density at radius 1 is 1.63 bits per heavy atom. The summed E-state index contributed by atoms with van der Waals surface area (Å²) in [5.74, 6) is 0.856. The Morgan fingerprint density at radius 2 is 2.42 bits per heavy atom. The summed E-state index contributed by atoms with van der Waals surface area (Å²) >= 11 is 7.73. The second-order valence-electron chi connectivity index (χ2n) is 4.29. The quantitative estimate of drug-likeness (QED) is 0.929. The maximum atomic E-state index is 10.9. The van der Waals surface area contributed by atoms with Crippen molar-refractivity contribution in [2.24, 2.45) is 0 Å². The number of nitrogens with zero attached hydrogens (tertiary/aromatic N) is 2. The van der Waals surface area contributed by atoms with Gasteiger partial charge in [-0.3, -0.25) is 4.79 Å². The van der Waals surface area contributed by atoms with E-state index in [9.17, 15) is 4.79 Å². The average molecular weight is 297 g/mol. The molecule has 1 unspecified atom stereocenters. The van der Waals surface area contributed by atoms with E-state index in [1.54, 1.807) is 30.0 Å². The highest BCUT2D eigenvalue weighted by molar-refractivity contribution is 7.99. The number of hydrogen-bond donors (Lipinski definition) is 1. The van der Waals surface area contributed by atoms with E-state index in [1.807, 2.05) is 4.90 Å². The van der Waals surface area contributed by atoms with Gasteiger partial charge in [-0.2, -0.15) is 17.0 Å². The van der Waals surface area contributed by atoms with Crippen molar-refractivity contribution < 1.29 is 9.90 Å². The van der Waals surface area contributed by atoms with E-state index in [-0.39, 0.29) is 12.5 Å². The van der Waals surface area contributed by atoms with Gasteiger partial charge in [-0.25, -0.2) is 0 Å². The third-order valence-corrected chi connectivity index (χ3v) is 4.35. The average Bonchev–Trinajstić information content (AvgIpc) is 2.38. The van der Waals surface area contributed by atoms with Gasteiger partial charge in [0.05, 0.1) is 17.7 Å². The minimum absolute atomic E-state index is 0.0738. The van der Waals surface area contributed by atoms with Crippen molar-refractivity contribution in [3.8, 4) is 6.07 Å². The largest absolute Gasteiger partial charge is 0.481 e. The summed E-state index contributed by atoms with van der Waals surface area (Å²) in [5, 5.41) is 18.7. The van der Waals surface area contributed by atoms with Crippen LogP contribution in [0.15, 0.2) is 18.2 Å². The zero-order valence-electron chi connectivity index (χ0n) is 10.2. The number of carboxylic acid groups (broad SMARTS) is 1. The predicted octanol–water partition coefficient (Wildman–Crippen LogP) is 2.61. The molecule has 4 nitrogen and oxygen atoms in total. The fourth-order valence-corrected chi connectivity index (χ4v) is 3.41. The van der Waals surface area contributed by atoms with Crippen LogP contribution >= 0.6 is 23.4 Å². The van der Waals surface area contributed by atoms with E-state index in [2.05, 4.69) is 6.07 Å². The van der Waals surface area contributed by atoms with Gasteiger partial charge in [-0.15, -0.1) is 0 Å². The highest BCUT2D eigenvalue weighted by Gasteiger charge is 2.27. The molecule has 1 aromatic carbocycles. The number of halogens is 1. The summed E-state index contributed by atoms with van der Waals surface area (Å²) in [6.07, 6.45) is 0.0738. The van der Waals surface area contributed by atoms with Crippen molar-refractivity contribution in [1.29, 1.82) is 5.26 Å². The highest BCUT2D eigenvalue weighted by atomic mass is 35.5. The van der Waals surface area contributed by atoms with Crippen LogP contribution in [-0.4, -0.2) is 35.2 Å². The van der Waals surface area contributed by atoms with Crippen LogP contribution in [0.1, 0.15) is 12.0 Å². The summed E-state index contributed by atoms with van der Waals surface area (Å²) in [6, 6.07) is 7.14. The molecule has 1 atom stereocenters. The SMILES string of the molecule is N#Cc1ccc(Cl)cc1N1CCSCC1CC(=O)O. The Balaban J connectivity index is 2.34. The number of anilines is 1. The van der Waals surface area contributed by atoms with Crippen molar-refractivity contribution in [3.63, 3.8) is 0 Å². The van der Waals surface area contributed by atoms with Gasteiger partial charge < -0.3 is 10.0 Å². The first-order valence-corrected chi connectivity index (χ1v) is 7.41. The van der Waals surface area contributed by atoms with Crippen LogP contribution in [-0.2, 0) is 4.79 Å². The topological polar surface area (TPSA) is 64.3 Å². The van der Waals surface area contributed by atoms with Gasteiger partial charge in [-0.05, 0) is 18.2 Å². The zero-order chi connectivity index (χ0) is 13.8. The number of thioether (sulfide) groups is 1. The van der Waals surface area contributed by atoms with Crippen LogP contribution in [0.2, 0.25) is 5.02 Å². The first kappa shape index (κ1) is 14.0. The van der Waals surface area contributed by atoms with Gasteiger partial charge in [-0.1, -0.05) is 11.6 Å². The van der Waals surface area contributed by atoms with Gasteiger partial charge in [0, 0.05) is 29.1 Å². The number of rotatable bonds is 3. The molecule has 100 valence electrons. The van der Waals surface area contributed by atoms with Crippen molar-refractivity contribution in [2.75, 3.05) is 23.0 Å². The number of aliphatic carboxylic acids is 1. The van der Waals surface area contributed by atoms with Gasteiger partial charge in [0.2, 0.25) is 0 Å². The molecule has 0 aliphatic carbocycles. The Morgan fingerprint density at radius 3 is 3.11 bits per heavy atom. The molecule has 0 bridgehead atoms. The first-order chi connectivity index (χ1) is 9.11. The molecule has 0 spiro atoms. The summed E-state index contributed by atoms with van der Waals surface area (Å²) in [4.78, 5) is 12.9. The standard InChI is InChI=1S/C13H13ClN2O2S/c14-10-2-1-9(7-15)12(5-10)16-3-4-19-8-11(16)6-13(17)18/h1-2,5,11H,3-4,6,8H2,(H,17,18). The third kappa shape index (κ3) is 3.34. The first-order valence-electron chi connectivity index (χ1n) is 5.87. The molecule has 0 aromatic heterocycles. The molecule has 2 rings (SSSR count). The molecule has 0 amide bonds. The molecule has 1 N–H and O–H groups in total. The molecule has 6 heteroatoms. The normalized spacial score (nSPS) is 18.9.